The monoisotopic (exact) mass is 262 g/mol. The highest BCUT2D eigenvalue weighted by atomic mass is 16.5. The van der Waals surface area contributed by atoms with Crippen LogP contribution in [0.15, 0.2) is 18.2 Å². The topological polar surface area (TPSA) is 38.5 Å². The number of anilines is 1. The van der Waals surface area contributed by atoms with Crippen LogP contribution in [0.4, 0.5) is 5.69 Å². The maximum absolute atomic E-state index is 6.04. The molecule has 1 saturated heterocycles. The molecule has 106 valence electrons. The lowest BCUT2D eigenvalue weighted by atomic mass is 9.79. The summed E-state index contributed by atoms with van der Waals surface area (Å²) in [6.45, 7) is 7.74. The van der Waals surface area contributed by atoms with Gasteiger partial charge in [-0.2, -0.15) is 0 Å². The van der Waals surface area contributed by atoms with Gasteiger partial charge in [0.25, 0.3) is 0 Å². The zero-order valence-electron chi connectivity index (χ0n) is 12.4. The first-order chi connectivity index (χ1) is 9.04. The Labute approximate surface area is 116 Å². The van der Waals surface area contributed by atoms with Crippen LogP contribution in [0.5, 0.6) is 0 Å². The van der Waals surface area contributed by atoms with E-state index in [1.807, 2.05) is 0 Å². The van der Waals surface area contributed by atoms with Crippen molar-refractivity contribution in [2.45, 2.75) is 26.7 Å². The zero-order chi connectivity index (χ0) is 13.9. The summed E-state index contributed by atoms with van der Waals surface area (Å²) in [5.41, 5.74) is 10.2. The van der Waals surface area contributed by atoms with E-state index in [0.717, 1.165) is 39.1 Å². The molecule has 0 amide bonds. The van der Waals surface area contributed by atoms with Crippen molar-refractivity contribution in [1.29, 1.82) is 0 Å². The van der Waals surface area contributed by atoms with Gasteiger partial charge in [0.15, 0.2) is 0 Å². The fourth-order valence-corrected chi connectivity index (χ4v) is 3.00. The van der Waals surface area contributed by atoms with Crippen LogP contribution in [0.2, 0.25) is 0 Å². The molecule has 1 fully saturated rings. The number of hydrogen-bond donors (Lipinski definition) is 1. The summed E-state index contributed by atoms with van der Waals surface area (Å²) in [6.07, 6.45) is 2.14. The number of nitrogens with zero attached hydrogens (tertiary/aromatic N) is 1. The molecule has 1 aromatic rings. The summed E-state index contributed by atoms with van der Waals surface area (Å²) < 4.78 is 5.48. The summed E-state index contributed by atoms with van der Waals surface area (Å²) in [4.78, 5) is 2.35. The second-order valence-corrected chi connectivity index (χ2v) is 6.02. The van der Waals surface area contributed by atoms with Gasteiger partial charge < -0.3 is 15.4 Å². The van der Waals surface area contributed by atoms with E-state index in [1.54, 1.807) is 0 Å². The van der Waals surface area contributed by atoms with Crippen LogP contribution in [0, 0.1) is 19.3 Å². The summed E-state index contributed by atoms with van der Waals surface area (Å²) in [5, 5.41) is 0. The number of benzene rings is 1. The Bertz CT molecular complexity index is 405. The Morgan fingerprint density at radius 1 is 1.16 bits per heavy atom. The van der Waals surface area contributed by atoms with Crippen LogP contribution in [0.1, 0.15) is 24.0 Å². The average Bonchev–Trinajstić information content (AvgIpc) is 2.38. The standard InChI is InChI=1S/C16H26N2O/c1-13-8-14(2)10-15(9-13)18(3)12-16(11-17)4-6-19-7-5-16/h8-10H,4-7,11-12,17H2,1-3H3. The highest BCUT2D eigenvalue weighted by Gasteiger charge is 2.32. The first kappa shape index (κ1) is 14.4. The molecule has 0 bridgehead atoms. The molecule has 0 radical (unpaired) electrons. The van der Waals surface area contributed by atoms with Crippen molar-refractivity contribution >= 4 is 5.69 Å². The van der Waals surface area contributed by atoms with Gasteiger partial charge in [-0.15, -0.1) is 0 Å². The molecule has 3 nitrogen and oxygen atoms in total. The number of ether oxygens (including phenoxy) is 1. The van der Waals surface area contributed by atoms with Crippen LogP contribution < -0.4 is 10.6 Å². The minimum Gasteiger partial charge on any atom is -0.381 e. The third-order valence-corrected chi connectivity index (χ3v) is 4.21. The number of aryl methyl sites for hydroxylation is 2. The predicted molar refractivity (Wildman–Crippen MR) is 80.7 cm³/mol. The molecular weight excluding hydrogens is 236 g/mol. The van der Waals surface area contributed by atoms with Crippen LogP contribution in [0.25, 0.3) is 0 Å². The van der Waals surface area contributed by atoms with E-state index < -0.39 is 0 Å². The van der Waals surface area contributed by atoms with Gasteiger partial charge in [0.05, 0.1) is 0 Å². The first-order valence-corrected chi connectivity index (χ1v) is 7.12. The maximum atomic E-state index is 6.04. The summed E-state index contributed by atoms with van der Waals surface area (Å²) in [5.74, 6) is 0. The fourth-order valence-electron chi connectivity index (χ4n) is 3.00. The van der Waals surface area contributed by atoms with Gasteiger partial charge in [0.1, 0.15) is 0 Å². The second kappa shape index (κ2) is 5.93. The molecule has 3 heteroatoms. The molecule has 1 heterocycles. The van der Waals surface area contributed by atoms with Crippen LogP contribution in [-0.2, 0) is 4.74 Å². The van der Waals surface area contributed by atoms with Crippen molar-refractivity contribution < 1.29 is 4.74 Å². The maximum Gasteiger partial charge on any atom is 0.0472 e. The third-order valence-electron chi connectivity index (χ3n) is 4.21. The van der Waals surface area contributed by atoms with Crippen molar-refractivity contribution in [2.24, 2.45) is 11.1 Å². The van der Waals surface area contributed by atoms with Gasteiger partial charge in [-0.25, -0.2) is 0 Å². The molecule has 2 N–H and O–H groups in total. The van der Waals surface area contributed by atoms with Crippen molar-refractivity contribution in [2.75, 3.05) is 38.3 Å². The number of rotatable bonds is 4. The van der Waals surface area contributed by atoms with Gasteiger partial charge in [0, 0.05) is 37.9 Å². The van der Waals surface area contributed by atoms with E-state index in [4.69, 9.17) is 10.5 Å². The van der Waals surface area contributed by atoms with Crippen LogP contribution in [-0.4, -0.2) is 33.4 Å². The van der Waals surface area contributed by atoms with E-state index >= 15 is 0 Å². The number of nitrogens with two attached hydrogens (primary N) is 1. The van der Waals surface area contributed by atoms with Gasteiger partial charge in [-0.3, -0.25) is 0 Å². The number of hydrogen-bond acceptors (Lipinski definition) is 3. The minimum atomic E-state index is 0.213. The molecular formula is C16H26N2O. The van der Waals surface area contributed by atoms with Gasteiger partial charge >= 0.3 is 0 Å². The van der Waals surface area contributed by atoms with E-state index in [9.17, 15) is 0 Å². The highest BCUT2D eigenvalue weighted by Crippen LogP contribution is 2.31. The molecule has 0 atom stereocenters. The molecule has 0 unspecified atom stereocenters. The van der Waals surface area contributed by atoms with Crippen molar-refractivity contribution in [1.82, 2.24) is 0 Å². The molecule has 1 aromatic carbocycles. The van der Waals surface area contributed by atoms with Gasteiger partial charge in [-0.1, -0.05) is 6.07 Å². The molecule has 19 heavy (non-hydrogen) atoms. The molecule has 0 aromatic heterocycles. The van der Waals surface area contributed by atoms with Crippen molar-refractivity contribution in [3.05, 3.63) is 29.3 Å². The lowest BCUT2D eigenvalue weighted by Crippen LogP contribution is -2.45. The lowest BCUT2D eigenvalue weighted by Gasteiger charge is -2.40. The van der Waals surface area contributed by atoms with Crippen molar-refractivity contribution in [3.8, 4) is 0 Å². The normalized spacial score (nSPS) is 18.3. The molecule has 2 rings (SSSR count). The zero-order valence-corrected chi connectivity index (χ0v) is 12.4. The molecule has 0 aliphatic carbocycles. The molecule has 0 spiro atoms. The Kier molecular flexibility index (Phi) is 4.48. The largest absolute Gasteiger partial charge is 0.381 e. The summed E-state index contributed by atoms with van der Waals surface area (Å²) in [7, 11) is 2.17. The first-order valence-electron chi connectivity index (χ1n) is 7.12. The van der Waals surface area contributed by atoms with E-state index in [-0.39, 0.29) is 5.41 Å². The third kappa shape index (κ3) is 3.48. The Hall–Kier alpha value is -1.06. The highest BCUT2D eigenvalue weighted by molar-refractivity contribution is 5.50. The Morgan fingerprint density at radius 3 is 2.26 bits per heavy atom. The Morgan fingerprint density at radius 2 is 1.74 bits per heavy atom. The Balaban J connectivity index is 2.12. The van der Waals surface area contributed by atoms with Gasteiger partial charge in [0.2, 0.25) is 0 Å². The SMILES string of the molecule is Cc1cc(C)cc(N(C)CC2(CN)CCOCC2)c1. The molecule has 1 aliphatic rings. The quantitative estimate of drug-likeness (QED) is 0.906. The molecule has 1 aliphatic heterocycles. The van der Waals surface area contributed by atoms with Crippen LogP contribution in [0.3, 0.4) is 0 Å². The second-order valence-electron chi connectivity index (χ2n) is 6.02. The minimum absolute atomic E-state index is 0.213. The van der Waals surface area contributed by atoms with Crippen molar-refractivity contribution in [3.63, 3.8) is 0 Å². The van der Waals surface area contributed by atoms with E-state index in [0.29, 0.717) is 0 Å². The van der Waals surface area contributed by atoms with E-state index in [1.165, 1.54) is 16.8 Å². The average molecular weight is 262 g/mol. The smallest absolute Gasteiger partial charge is 0.0472 e. The molecule has 0 saturated carbocycles. The summed E-state index contributed by atoms with van der Waals surface area (Å²) in [6, 6.07) is 6.71. The summed E-state index contributed by atoms with van der Waals surface area (Å²) >= 11 is 0. The lowest BCUT2D eigenvalue weighted by molar-refractivity contribution is 0.0229. The van der Waals surface area contributed by atoms with E-state index in [2.05, 4.69) is 44.0 Å². The fraction of sp³-hybridized carbons (Fsp3) is 0.625. The van der Waals surface area contributed by atoms with Gasteiger partial charge in [-0.05, 0) is 56.5 Å². The van der Waals surface area contributed by atoms with Crippen LogP contribution >= 0.6 is 0 Å². The predicted octanol–water partition coefficient (Wildman–Crippen LogP) is 2.50.